The van der Waals surface area contributed by atoms with Gasteiger partial charge in [-0.15, -0.1) is 6.58 Å². The maximum atomic E-state index is 5.45. The predicted molar refractivity (Wildman–Crippen MR) is 57.1 cm³/mol. The molecule has 0 spiro atoms. The summed E-state index contributed by atoms with van der Waals surface area (Å²) in [5.74, 6) is 5.45. The normalized spacial score (nSPS) is 19.3. The van der Waals surface area contributed by atoms with Crippen LogP contribution in [0.15, 0.2) is 24.3 Å². The van der Waals surface area contributed by atoms with Crippen molar-refractivity contribution in [3.63, 3.8) is 0 Å². The van der Waals surface area contributed by atoms with Crippen molar-refractivity contribution in [2.45, 2.75) is 44.6 Å². The Hall–Kier alpha value is -0.600. The molecule has 3 N–H and O–H groups in total. The van der Waals surface area contributed by atoms with E-state index in [-0.39, 0.29) is 0 Å². The van der Waals surface area contributed by atoms with Crippen LogP contribution in [0.3, 0.4) is 0 Å². The number of hydrogen-bond donors (Lipinski definition) is 2. The highest BCUT2D eigenvalue weighted by Crippen LogP contribution is 2.21. The molecule has 0 heterocycles. The standard InChI is InChI=1S/C11H20N2/c1-2-6-11(13-12)9-10-7-4-3-5-8-10/h2,7,11,13H,1,3-6,8-9,12H2. The van der Waals surface area contributed by atoms with Crippen LogP contribution in [0.4, 0.5) is 0 Å². The maximum absolute atomic E-state index is 5.45. The molecule has 0 radical (unpaired) electrons. The molecule has 1 atom stereocenters. The number of hydrazine groups is 1. The maximum Gasteiger partial charge on any atom is 0.0282 e. The second-order valence-electron chi connectivity index (χ2n) is 3.70. The highest BCUT2D eigenvalue weighted by atomic mass is 15.2. The first-order valence-electron chi connectivity index (χ1n) is 5.11. The third-order valence-corrected chi connectivity index (χ3v) is 2.58. The van der Waals surface area contributed by atoms with Crippen molar-refractivity contribution in [3.05, 3.63) is 24.3 Å². The molecule has 2 nitrogen and oxygen atoms in total. The third kappa shape index (κ3) is 3.75. The fourth-order valence-corrected chi connectivity index (χ4v) is 1.82. The molecule has 2 heteroatoms. The van der Waals surface area contributed by atoms with E-state index in [9.17, 15) is 0 Å². The van der Waals surface area contributed by atoms with Gasteiger partial charge in [-0.3, -0.25) is 11.3 Å². The molecule has 0 saturated heterocycles. The van der Waals surface area contributed by atoms with Crippen molar-refractivity contribution in [2.75, 3.05) is 0 Å². The zero-order chi connectivity index (χ0) is 9.52. The van der Waals surface area contributed by atoms with Crippen molar-refractivity contribution in [1.29, 1.82) is 0 Å². The highest BCUT2D eigenvalue weighted by Gasteiger charge is 2.09. The van der Waals surface area contributed by atoms with E-state index in [4.69, 9.17) is 5.84 Å². The molecule has 0 aromatic carbocycles. The number of hydrogen-bond acceptors (Lipinski definition) is 2. The summed E-state index contributed by atoms with van der Waals surface area (Å²) < 4.78 is 0. The topological polar surface area (TPSA) is 38.0 Å². The highest BCUT2D eigenvalue weighted by molar-refractivity contribution is 5.07. The minimum absolute atomic E-state index is 0.377. The first-order valence-corrected chi connectivity index (χ1v) is 5.11. The molecule has 0 saturated carbocycles. The molecule has 13 heavy (non-hydrogen) atoms. The van der Waals surface area contributed by atoms with Crippen LogP contribution in [0.25, 0.3) is 0 Å². The van der Waals surface area contributed by atoms with Gasteiger partial charge in [0.15, 0.2) is 0 Å². The monoisotopic (exact) mass is 180 g/mol. The molecule has 0 bridgehead atoms. The van der Waals surface area contributed by atoms with Crippen LogP contribution in [0, 0.1) is 0 Å². The van der Waals surface area contributed by atoms with Gasteiger partial charge in [-0.2, -0.15) is 0 Å². The summed E-state index contributed by atoms with van der Waals surface area (Å²) >= 11 is 0. The average molecular weight is 180 g/mol. The summed E-state index contributed by atoms with van der Waals surface area (Å²) in [4.78, 5) is 0. The third-order valence-electron chi connectivity index (χ3n) is 2.58. The van der Waals surface area contributed by atoms with Crippen LogP contribution in [-0.4, -0.2) is 6.04 Å². The van der Waals surface area contributed by atoms with Crippen molar-refractivity contribution in [2.24, 2.45) is 5.84 Å². The predicted octanol–water partition coefficient (Wildman–Crippen LogP) is 2.28. The van der Waals surface area contributed by atoms with Gasteiger partial charge in [-0.1, -0.05) is 17.7 Å². The van der Waals surface area contributed by atoms with Crippen LogP contribution >= 0.6 is 0 Å². The van der Waals surface area contributed by atoms with E-state index in [0.29, 0.717) is 6.04 Å². The number of nitrogens with one attached hydrogen (secondary N) is 1. The first kappa shape index (κ1) is 10.5. The molecule has 0 aromatic rings. The molecule has 0 amide bonds. The molecule has 1 aliphatic carbocycles. The molecule has 0 aliphatic heterocycles. The van der Waals surface area contributed by atoms with Gasteiger partial charge < -0.3 is 0 Å². The minimum atomic E-state index is 0.377. The minimum Gasteiger partial charge on any atom is -0.271 e. The Labute approximate surface area is 80.9 Å². The lowest BCUT2D eigenvalue weighted by atomic mass is 9.93. The van der Waals surface area contributed by atoms with Crippen molar-refractivity contribution >= 4 is 0 Å². The molecular formula is C11H20N2. The van der Waals surface area contributed by atoms with Crippen LogP contribution in [-0.2, 0) is 0 Å². The van der Waals surface area contributed by atoms with Crippen molar-refractivity contribution < 1.29 is 0 Å². The smallest absolute Gasteiger partial charge is 0.0282 e. The van der Waals surface area contributed by atoms with E-state index in [1.807, 2.05) is 6.08 Å². The van der Waals surface area contributed by atoms with Gasteiger partial charge in [-0.05, 0) is 38.5 Å². The van der Waals surface area contributed by atoms with Crippen LogP contribution in [0.5, 0.6) is 0 Å². The van der Waals surface area contributed by atoms with Gasteiger partial charge in [-0.25, -0.2) is 0 Å². The van der Waals surface area contributed by atoms with Gasteiger partial charge in [0.1, 0.15) is 0 Å². The largest absolute Gasteiger partial charge is 0.271 e. The quantitative estimate of drug-likeness (QED) is 0.387. The molecule has 1 aliphatic rings. The van der Waals surface area contributed by atoms with Crippen LogP contribution < -0.4 is 11.3 Å². The second-order valence-corrected chi connectivity index (χ2v) is 3.70. The summed E-state index contributed by atoms with van der Waals surface area (Å²) in [6.45, 7) is 3.73. The molecule has 74 valence electrons. The fourth-order valence-electron chi connectivity index (χ4n) is 1.82. The van der Waals surface area contributed by atoms with Gasteiger partial charge in [0, 0.05) is 6.04 Å². The first-order chi connectivity index (χ1) is 6.36. The number of allylic oxidation sites excluding steroid dienone is 1. The summed E-state index contributed by atoms with van der Waals surface area (Å²) in [7, 11) is 0. The summed E-state index contributed by atoms with van der Waals surface area (Å²) in [6, 6.07) is 0.377. The molecule has 0 fully saturated rings. The zero-order valence-corrected chi connectivity index (χ0v) is 8.26. The Morgan fingerprint density at radius 3 is 3.00 bits per heavy atom. The van der Waals surface area contributed by atoms with Crippen LogP contribution in [0.2, 0.25) is 0 Å². The van der Waals surface area contributed by atoms with Gasteiger partial charge in [0.05, 0.1) is 0 Å². The summed E-state index contributed by atoms with van der Waals surface area (Å²) in [5.41, 5.74) is 4.40. The van der Waals surface area contributed by atoms with E-state index in [1.54, 1.807) is 5.57 Å². The van der Waals surface area contributed by atoms with Gasteiger partial charge >= 0.3 is 0 Å². The second kappa shape index (κ2) is 5.95. The summed E-state index contributed by atoms with van der Waals surface area (Å²) in [5, 5.41) is 0. The fraction of sp³-hybridized carbons (Fsp3) is 0.636. The number of nitrogens with two attached hydrogens (primary N) is 1. The Morgan fingerprint density at radius 1 is 1.62 bits per heavy atom. The van der Waals surface area contributed by atoms with E-state index in [0.717, 1.165) is 12.8 Å². The Morgan fingerprint density at radius 2 is 2.46 bits per heavy atom. The lowest BCUT2D eigenvalue weighted by Crippen LogP contribution is -2.35. The molecule has 0 aromatic heterocycles. The van der Waals surface area contributed by atoms with Crippen molar-refractivity contribution in [1.82, 2.24) is 5.43 Å². The molecular weight excluding hydrogens is 160 g/mol. The molecule has 1 unspecified atom stereocenters. The van der Waals surface area contributed by atoms with E-state index in [1.165, 1.54) is 25.7 Å². The average Bonchev–Trinajstić information content (AvgIpc) is 2.19. The Bertz CT molecular complexity index is 185. The lowest BCUT2D eigenvalue weighted by Gasteiger charge is -2.18. The van der Waals surface area contributed by atoms with Crippen molar-refractivity contribution in [3.8, 4) is 0 Å². The van der Waals surface area contributed by atoms with E-state index in [2.05, 4.69) is 18.1 Å². The Balaban J connectivity index is 2.35. The van der Waals surface area contributed by atoms with E-state index >= 15 is 0 Å². The SMILES string of the molecule is C=CCC(CC1=CCCCC1)NN. The van der Waals surface area contributed by atoms with Gasteiger partial charge in [0.25, 0.3) is 0 Å². The summed E-state index contributed by atoms with van der Waals surface area (Å²) in [6.07, 6.45) is 11.5. The Kier molecular flexibility index (Phi) is 4.79. The van der Waals surface area contributed by atoms with Crippen LogP contribution in [0.1, 0.15) is 38.5 Å². The lowest BCUT2D eigenvalue weighted by molar-refractivity contribution is 0.512. The van der Waals surface area contributed by atoms with E-state index < -0.39 is 0 Å². The van der Waals surface area contributed by atoms with Gasteiger partial charge in [0.2, 0.25) is 0 Å². The molecule has 1 rings (SSSR count). The zero-order valence-electron chi connectivity index (χ0n) is 8.26. The number of rotatable bonds is 5.